The third kappa shape index (κ3) is 4.26. The first kappa shape index (κ1) is 17.2. The molecule has 0 aliphatic rings. The molecule has 2 aromatic carbocycles. The Morgan fingerprint density at radius 1 is 1.00 bits per heavy atom. The molecule has 2 N–H and O–H groups in total. The largest absolute Gasteiger partial charge is 0.339 e. The van der Waals surface area contributed by atoms with Gasteiger partial charge in [0.2, 0.25) is 0 Å². The molecule has 0 unspecified atom stereocenters. The number of nitrogens with zero attached hydrogens (tertiary/aromatic N) is 2. The Labute approximate surface area is 155 Å². The molecule has 0 atom stereocenters. The molecule has 3 rings (SSSR count). The van der Waals surface area contributed by atoms with Crippen LogP contribution in [0.2, 0.25) is 10.0 Å². The highest BCUT2D eigenvalue weighted by Gasteiger charge is 2.10. The molecule has 1 heterocycles. The normalized spacial score (nSPS) is 10.4. The van der Waals surface area contributed by atoms with Gasteiger partial charge in [0, 0.05) is 11.4 Å². The number of para-hydroxylation sites is 1. The van der Waals surface area contributed by atoms with Gasteiger partial charge >= 0.3 is 0 Å². The number of benzene rings is 2. The van der Waals surface area contributed by atoms with Crippen LogP contribution in [0.25, 0.3) is 0 Å². The van der Waals surface area contributed by atoms with Crippen molar-refractivity contribution in [3.8, 4) is 0 Å². The second-order valence-electron chi connectivity index (χ2n) is 5.31. The van der Waals surface area contributed by atoms with Gasteiger partial charge in [0.25, 0.3) is 5.91 Å². The smallest absolute Gasteiger partial charge is 0.275 e. The van der Waals surface area contributed by atoms with Crippen molar-refractivity contribution in [1.29, 1.82) is 0 Å². The van der Waals surface area contributed by atoms with Gasteiger partial charge in [-0.3, -0.25) is 4.79 Å². The number of halogens is 2. The zero-order valence-corrected chi connectivity index (χ0v) is 14.8. The maximum Gasteiger partial charge on any atom is 0.275 e. The van der Waals surface area contributed by atoms with Crippen molar-refractivity contribution in [2.24, 2.45) is 0 Å². The summed E-state index contributed by atoms with van der Waals surface area (Å²) in [5.74, 6) is 0.175. The number of aryl methyl sites for hydroxylation is 1. The highest BCUT2D eigenvalue weighted by atomic mass is 35.5. The SMILES string of the molecule is Cc1ccccc1Nc1cnc(C(=O)Nc2ccc(Cl)c(Cl)c2)cn1. The fraction of sp³-hybridized carbons (Fsp3) is 0.0556. The highest BCUT2D eigenvalue weighted by molar-refractivity contribution is 6.42. The summed E-state index contributed by atoms with van der Waals surface area (Å²) in [7, 11) is 0. The Bertz CT molecular complexity index is 913. The summed E-state index contributed by atoms with van der Waals surface area (Å²) in [4.78, 5) is 20.6. The van der Waals surface area contributed by atoms with E-state index in [1.807, 2.05) is 31.2 Å². The van der Waals surface area contributed by atoms with Crippen LogP contribution in [0, 0.1) is 6.92 Å². The average molecular weight is 373 g/mol. The van der Waals surface area contributed by atoms with Gasteiger partial charge < -0.3 is 10.6 Å². The molecule has 0 bridgehead atoms. The van der Waals surface area contributed by atoms with Crippen molar-refractivity contribution in [2.45, 2.75) is 6.92 Å². The maximum absolute atomic E-state index is 12.2. The average Bonchev–Trinajstić information content (AvgIpc) is 2.61. The third-order valence-electron chi connectivity index (χ3n) is 3.47. The number of anilines is 3. The van der Waals surface area contributed by atoms with Gasteiger partial charge in [0.15, 0.2) is 0 Å². The van der Waals surface area contributed by atoms with Crippen molar-refractivity contribution in [3.05, 3.63) is 76.2 Å². The molecule has 25 heavy (non-hydrogen) atoms. The Hall–Kier alpha value is -2.63. The molecule has 7 heteroatoms. The van der Waals surface area contributed by atoms with Crippen LogP contribution in [0.1, 0.15) is 16.1 Å². The lowest BCUT2D eigenvalue weighted by molar-refractivity contribution is 0.102. The molecule has 0 fully saturated rings. The van der Waals surface area contributed by atoms with Gasteiger partial charge in [-0.25, -0.2) is 9.97 Å². The molecular formula is C18H14Cl2N4O. The molecule has 0 spiro atoms. The zero-order chi connectivity index (χ0) is 17.8. The van der Waals surface area contributed by atoms with Gasteiger partial charge in [-0.05, 0) is 36.8 Å². The van der Waals surface area contributed by atoms with Crippen LogP contribution in [0.15, 0.2) is 54.9 Å². The minimum absolute atomic E-state index is 0.196. The van der Waals surface area contributed by atoms with Crippen molar-refractivity contribution in [3.63, 3.8) is 0 Å². The summed E-state index contributed by atoms with van der Waals surface area (Å²) >= 11 is 11.8. The monoisotopic (exact) mass is 372 g/mol. The first-order valence-electron chi connectivity index (χ1n) is 7.44. The van der Waals surface area contributed by atoms with Gasteiger partial charge in [-0.1, -0.05) is 41.4 Å². The first-order valence-corrected chi connectivity index (χ1v) is 8.19. The molecule has 1 aromatic heterocycles. The lowest BCUT2D eigenvalue weighted by Gasteiger charge is -2.09. The lowest BCUT2D eigenvalue weighted by Crippen LogP contribution is -2.14. The molecule has 5 nitrogen and oxygen atoms in total. The molecule has 126 valence electrons. The van der Waals surface area contributed by atoms with E-state index >= 15 is 0 Å². The summed E-state index contributed by atoms with van der Waals surface area (Å²) in [6, 6.07) is 12.7. The van der Waals surface area contributed by atoms with Crippen LogP contribution >= 0.6 is 23.2 Å². The molecule has 1 amide bonds. The van der Waals surface area contributed by atoms with Crippen molar-refractivity contribution in [2.75, 3.05) is 10.6 Å². The van der Waals surface area contributed by atoms with E-state index in [1.165, 1.54) is 12.4 Å². The van der Waals surface area contributed by atoms with Crippen LogP contribution in [0.5, 0.6) is 0 Å². The van der Waals surface area contributed by atoms with E-state index in [2.05, 4.69) is 20.6 Å². The highest BCUT2D eigenvalue weighted by Crippen LogP contribution is 2.25. The summed E-state index contributed by atoms with van der Waals surface area (Å²) in [6.45, 7) is 1.99. The topological polar surface area (TPSA) is 66.9 Å². The van der Waals surface area contributed by atoms with Gasteiger partial charge in [-0.2, -0.15) is 0 Å². The van der Waals surface area contributed by atoms with Gasteiger partial charge in [0.05, 0.1) is 22.4 Å². The summed E-state index contributed by atoms with van der Waals surface area (Å²) in [5.41, 5.74) is 2.75. The van der Waals surface area contributed by atoms with Crippen molar-refractivity contribution in [1.82, 2.24) is 9.97 Å². The number of nitrogens with one attached hydrogen (secondary N) is 2. The van der Waals surface area contributed by atoms with Crippen LogP contribution in [-0.4, -0.2) is 15.9 Å². The van der Waals surface area contributed by atoms with E-state index in [0.29, 0.717) is 21.6 Å². The quantitative estimate of drug-likeness (QED) is 0.669. The number of rotatable bonds is 4. The Morgan fingerprint density at radius 3 is 2.48 bits per heavy atom. The molecule has 0 aliphatic carbocycles. The minimum atomic E-state index is -0.381. The first-order chi connectivity index (χ1) is 12.0. The van der Waals surface area contributed by atoms with Gasteiger partial charge in [-0.15, -0.1) is 0 Å². The molecule has 0 radical (unpaired) electrons. The second kappa shape index (κ2) is 7.51. The number of amides is 1. The standard InChI is InChI=1S/C18H14Cl2N4O/c1-11-4-2-3-5-15(11)24-17-10-21-16(9-22-17)18(25)23-12-6-7-13(19)14(20)8-12/h2-10H,1H3,(H,22,24)(H,23,25). The van der Waals surface area contributed by atoms with Gasteiger partial charge in [0.1, 0.15) is 11.5 Å². The number of carbonyl (C=O) groups is 1. The van der Waals surface area contributed by atoms with Crippen molar-refractivity contribution < 1.29 is 4.79 Å². The van der Waals surface area contributed by atoms with Crippen LogP contribution in [0.4, 0.5) is 17.2 Å². The molecule has 0 aliphatic heterocycles. The number of hydrogen-bond acceptors (Lipinski definition) is 4. The fourth-order valence-electron chi connectivity index (χ4n) is 2.13. The minimum Gasteiger partial charge on any atom is -0.339 e. The number of aromatic nitrogens is 2. The Balaban J connectivity index is 1.70. The van der Waals surface area contributed by atoms with E-state index in [4.69, 9.17) is 23.2 Å². The summed E-state index contributed by atoms with van der Waals surface area (Å²) in [5, 5.41) is 6.65. The van der Waals surface area contributed by atoms with E-state index in [0.717, 1.165) is 11.3 Å². The summed E-state index contributed by atoms with van der Waals surface area (Å²) < 4.78 is 0. The molecule has 0 saturated heterocycles. The zero-order valence-electron chi connectivity index (χ0n) is 13.3. The summed E-state index contributed by atoms with van der Waals surface area (Å²) in [6.07, 6.45) is 2.92. The number of hydrogen-bond donors (Lipinski definition) is 2. The second-order valence-corrected chi connectivity index (χ2v) is 6.12. The molecule has 3 aromatic rings. The van der Waals surface area contributed by atoms with Crippen LogP contribution in [0.3, 0.4) is 0 Å². The molecular weight excluding hydrogens is 359 g/mol. The van der Waals surface area contributed by atoms with E-state index in [9.17, 15) is 4.79 Å². The van der Waals surface area contributed by atoms with E-state index in [-0.39, 0.29) is 11.6 Å². The lowest BCUT2D eigenvalue weighted by atomic mass is 10.2. The van der Waals surface area contributed by atoms with Crippen molar-refractivity contribution >= 4 is 46.3 Å². The maximum atomic E-state index is 12.2. The Kier molecular flexibility index (Phi) is 5.16. The molecule has 0 saturated carbocycles. The predicted molar refractivity (Wildman–Crippen MR) is 101 cm³/mol. The Morgan fingerprint density at radius 2 is 1.80 bits per heavy atom. The predicted octanol–water partition coefficient (Wildman–Crippen LogP) is 5.09. The van der Waals surface area contributed by atoms with E-state index < -0.39 is 0 Å². The van der Waals surface area contributed by atoms with Crippen LogP contribution < -0.4 is 10.6 Å². The number of carbonyl (C=O) groups excluding carboxylic acids is 1. The van der Waals surface area contributed by atoms with Crippen LogP contribution in [-0.2, 0) is 0 Å². The fourth-order valence-corrected chi connectivity index (χ4v) is 2.43. The third-order valence-corrected chi connectivity index (χ3v) is 4.21. The van der Waals surface area contributed by atoms with E-state index in [1.54, 1.807) is 18.2 Å².